The summed E-state index contributed by atoms with van der Waals surface area (Å²) in [5.41, 5.74) is 7.47. The van der Waals surface area contributed by atoms with Gasteiger partial charge in [-0.15, -0.1) is 0 Å². The van der Waals surface area contributed by atoms with Gasteiger partial charge >= 0.3 is 5.69 Å². The van der Waals surface area contributed by atoms with E-state index in [-0.39, 0.29) is 23.3 Å². The van der Waals surface area contributed by atoms with Crippen molar-refractivity contribution in [2.45, 2.75) is 54.0 Å². The zero-order valence-electron chi connectivity index (χ0n) is 17.3. The van der Waals surface area contributed by atoms with Crippen LogP contribution in [0, 0.1) is 19.8 Å². The number of nitrogens with zero attached hydrogens (tertiary/aromatic N) is 2. The molecule has 0 saturated carbocycles. The zero-order valence-corrected chi connectivity index (χ0v) is 17.3. The summed E-state index contributed by atoms with van der Waals surface area (Å²) < 4.78 is 1.33. The van der Waals surface area contributed by atoms with Crippen LogP contribution in [0.15, 0.2) is 27.8 Å². The molecule has 0 aliphatic rings. The molecule has 1 aromatic carbocycles. The molecule has 0 unspecified atom stereocenters. The van der Waals surface area contributed by atoms with Gasteiger partial charge < -0.3 is 10.6 Å². The molecule has 0 spiro atoms. The summed E-state index contributed by atoms with van der Waals surface area (Å²) >= 11 is 0. The van der Waals surface area contributed by atoms with Gasteiger partial charge in [0.25, 0.3) is 11.5 Å². The van der Waals surface area contributed by atoms with Gasteiger partial charge in [0.15, 0.2) is 5.69 Å². The van der Waals surface area contributed by atoms with E-state index in [1.165, 1.54) is 9.47 Å². The number of H-pyrrole nitrogens is 1. The Bertz CT molecular complexity index is 973. The number of aromatic amines is 1. The van der Waals surface area contributed by atoms with Gasteiger partial charge in [-0.25, -0.2) is 4.79 Å². The van der Waals surface area contributed by atoms with Crippen LogP contribution in [0.5, 0.6) is 0 Å². The summed E-state index contributed by atoms with van der Waals surface area (Å²) in [6.07, 6.45) is 1.55. The van der Waals surface area contributed by atoms with Crippen LogP contribution in [0.3, 0.4) is 0 Å². The largest absolute Gasteiger partial charge is 0.383 e. The molecule has 28 heavy (non-hydrogen) atoms. The van der Waals surface area contributed by atoms with E-state index in [9.17, 15) is 14.4 Å². The van der Waals surface area contributed by atoms with E-state index < -0.39 is 11.2 Å². The lowest BCUT2D eigenvalue weighted by Crippen LogP contribution is -2.42. The number of nitrogens with one attached hydrogen (secondary N) is 1. The molecule has 2 rings (SSSR count). The minimum Gasteiger partial charge on any atom is -0.383 e. The first-order valence-electron chi connectivity index (χ1n) is 9.69. The number of hydrogen-bond acceptors (Lipinski definition) is 4. The van der Waals surface area contributed by atoms with Gasteiger partial charge in [0.05, 0.1) is 0 Å². The normalized spacial score (nSPS) is 11.1. The number of aromatic nitrogens is 2. The van der Waals surface area contributed by atoms with Crippen LogP contribution in [-0.4, -0.2) is 22.0 Å². The van der Waals surface area contributed by atoms with Crippen molar-refractivity contribution >= 4 is 17.4 Å². The second-order valence-corrected chi connectivity index (χ2v) is 7.63. The van der Waals surface area contributed by atoms with Crippen molar-refractivity contribution in [2.24, 2.45) is 5.92 Å². The molecule has 2 aromatic rings. The number of amides is 1. The van der Waals surface area contributed by atoms with Crippen LogP contribution in [-0.2, 0) is 6.54 Å². The summed E-state index contributed by atoms with van der Waals surface area (Å²) in [7, 11) is 0. The first-order valence-corrected chi connectivity index (χ1v) is 9.69. The number of carbonyl (C=O) groups excluding carboxylic acids is 1. The lowest BCUT2D eigenvalue weighted by Gasteiger charge is -2.25. The maximum atomic E-state index is 13.3. The summed E-state index contributed by atoms with van der Waals surface area (Å²) in [5, 5.41) is 0. The Labute approximate surface area is 165 Å². The Balaban J connectivity index is 2.64. The third-order valence-corrected chi connectivity index (χ3v) is 4.62. The van der Waals surface area contributed by atoms with Gasteiger partial charge in [0.1, 0.15) is 5.82 Å². The molecule has 7 heteroatoms. The van der Waals surface area contributed by atoms with Crippen molar-refractivity contribution in [2.75, 3.05) is 17.2 Å². The van der Waals surface area contributed by atoms with Gasteiger partial charge in [-0.1, -0.05) is 44.9 Å². The van der Waals surface area contributed by atoms with Crippen molar-refractivity contribution in [3.8, 4) is 0 Å². The number of benzene rings is 1. The highest BCUT2D eigenvalue weighted by molar-refractivity contribution is 6.08. The fourth-order valence-electron chi connectivity index (χ4n) is 3.21. The predicted molar refractivity (Wildman–Crippen MR) is 113 cm³/mol. The van der Waals surface area contributed by atoms with Gasteiger partial charge in [-0.3, -0.25) is 19.1 Å². The van der Waals surface area contributed by atoms with Crippen LogP contribution < -0.4 is 21.9 Å². The maximum absolute atomic E-state index is 13.3. The van der Waals surface area contributed by atoms with E-state index in [2.05, 4.69) is 4.98 Å². The van der Waals surface area contributed by atoms with Crippen LogP contribution in [0.25, 0.3) is 0 Å². The predicted octanol–water partition coefficient (Wildman–Crippen LogP) is 2.84. The molecule has 1 heterocycles. The minimum atomic E-state index is -0.642. The Kier molecular flexibility index (Phi) is 6.83. The van der Waals surface area contributed by atoms with Gasteiger partial charge in [-0.05, 0) is 37.8 Å². The number of nitrogens with two attached hydrogens (primary N) is 1. The number of nitrogen functional groups attached to an aromatic ring is 1. The highest BCUT2D eigenvalue weighted by Gasteiger charge is 2.26. The molecule has 152 valence electrons. The topological polar surface area (TPSA) is 101 Å². The van der Waals surface area contributed by atoms with Crippen molar-refractivity contribution in [3.63, 3.8) is 0 Å². The maximum Gasteiger partial charge on any atom is 0.330 e. The lowest BCUT2D eigenvalue weighted by atomic mass is 10.0. The molecular formula is C21H30N4O3. The third kappa shape index (κ3) is 4.52. The standard InChI is InChI=1S/C21H30N4O3/c1-6-7-10-24(20(27)16-9-8-14(4)11-15(16)5)17-18(22)25(12-13(2)3)21(28)23-19(17)26/h8-9,11,13H,6-7,10,12,22H2,1-5H3,(H,23,26,28). The highest BCUT2D eigenvalue weighted by atomic mass is 16.2. The fourth-order valence-corrected chi connectivity index (χ4v) is 3.21. The van der Waals surface area contributed by atoms with E-state index in [0.717, 1.165) is 17.5 Å². The quantitative estimate of drug-likeness (QED) is 0.764. The van der Waals surface area contributed by atoms with Crippen molar-refractivity contribution < 1.29 is 4.79 Å². The minimum absolute atomic E-state index is 0.0247. The molecule has 0 bridgehead atoms. The van der Waals surface area contributed by atoms with Crippen molar-refractivity contribution in [1.82, 2.24) is 9.55 Å². The van der Waals surface area contributed by atoms with Crippen LogP contribution in [0.2, 0.25) is 0 Å². The second-order valence-electron chi connectivity index (χ2n) is 7.63. The number of unbranched alkanes of at least 4 members (excludes halogenated alkanes) is 1. The van der Waals surface area contributed by atoms with Crippen molar-refractivity contribution in [1.29, 1.82) is 0 Å². The molecule has 3 N–H and O–H groups in total. The summed E-state index contributed by atoms with van der Waals surface area (Å²) in [5.74, 6) is -0.118. The van der Waals surface area contributed by atoms with Crippen LogP contribution in [0.1, 0.15) is 55.1 Å². The number of carbonyl (C=O) groups is 1. The average Bonchev–Trinajstić information content (AvgIpc) is 2.60. The molecular weight excluding hydrogens is 356 g/mol. The molecule has 0 aliphatic heterocycles. The zero-order chi connectivity index (χ0) is 21.0. The van der Waals surface area contributed by atoms with Gasteiger partial charge in [0, 0.05) is 18.7 Å². The highest BCUT2D eigenvalue weighted by Crippen LogP contribution is 2.22. The van der Waals surface area contributed by atoms with Crippen molar-refractivity contribution in [3.05, 3.63) is 55.7 Å². The van der Waals surface area contributed by atoms with E-state index in [1.807, 2.05) is 46.8 Å². The lowest BCUT2D eigenvalue weighted by molar-refractivity contribution is 0.0985. The monoisotopic (exact) mass is 386 g/mol. The smallest absolute Gasteiger partial charge is 0.330 e. The Morgan fingerprint density at radius 1 is 1.25 bits per heavy atom. The molecule has 0 fully saturated rings. The summed E-state index contributed by atoms with van der Waals surface area (Å²) in [4.78, 5) is 41.9. The third-order valence-electron chi connectivity index (χ3n) is 4.62. The Morgan fingerprint density at radius 2 is 1.93 bits per heavy atom. The number of rotatable bonds is 7. The second kappa shape index (κ2) is 8.91. The SMILES string of the molecule is CCCCN(C(=O)c1ccc(C)cc1C)c1c(N)n(CC(C)C)c(=O)[nH]c1=O. The van der Waals surface area contributed by atoms with E-state index in [0.29, 0.717) is 25.1 Å². The number of hydrogen-bond donors (Lipinski definition) is 2. The molecule has 7 nitrogen and oxygen atoms in total. The van der Waals surface area contributed by atoms with E-state index in [4.69, 9.17) is 5.73 Å². The Morgan fingerprint density at radius 3 is 2.50 bits per heavy atom. The molecule has 0 radical (unpaired) electrons. The number of aryl methyl sites for hydroxylation is 2. The Hall–Kier alpha value is -2.83. The first-order chi connectivity index (χ1) is 13.2. The summed E-state index contributed by atoms with van der Waals surface area (Å²) in [6.45, 7) is 10.4. The number of anilines is 2. The van der Waals surface area contributed by atoms with Crippen LogP contribution >= 0.6 is 0 Å². The van der Waals surface area contributed by atoms with E-state index >= 15 is 0 Å². The van der Waals surface area contributed by atoms with Gasteiger partial charge in [-0.2, -0.15) is 0 Å². The molecule has 1 amide bonds. The van der Waals surface area contributed by atoms with E-state index in [1.54, 1.807) is 6.07 Å². The molecule has 0 aliphatic carbocycles. The van der Waals surface area contributed by atoms with Gasteiger partial charge in [0.2, 0.25) is 0 Å². The fraction of sp³-hybridized carbons (Fsp3) is 0.476. The molecule has 0 atom stereocenters. The molecule has 1 aromatic heterocycles. The van der Waals surface area contributed by atoms with Crippen LogP contribution in [0.4, 0.5) is 11.5 Å². The average molecular weight is 386 g/mol. The first kappa shape index (κ1) is 21.5. The molecule has 0 saturated heterocycles. The summed E-state index contributed by atoms with van der Waals surface area (Å²) in [6, 6.07) is 5.56.